The highest BCUT2D eigenvalue weighted by molar-refractivity contribution is 6.28. The number of para-hydroxylation sites is 5. The number of benzene rings is 11. The second-order valence-corrected chi connectivity index (χ2v) is 19.7. The van der Waals surface area contributed by atoms with Crippen molar-refractivity contribution in [2.24, 2.45) is 0 Å². The lowest BCUT2D eigenvalue weighted by Crippen LogP contribution is -1.97. The van der Waals surface area contributed by atoms with Crippen molar-refractivity contribution >= 4 is 87.2 Å². The van der Waals surface area contributed by atoms with Gasteiger partial charge >= 0.3 is 0 Å². The molecule has 0 aliphatic carbocycles. The first-order valence-electron chi connectivity index (χ1n) is 25.9. The summed E-state index contributed by atoms with van der Waals surface area (Å²) >= 11 is 0. The Bertz CT molecular complexity index is 4890. The van der Waals surface area contributed by atoms with Crippen molar-refractivity contribution in [1.82, 2.24) is 28.2 Å². The Morgan fingerprint density at radius 1 is 0.224 bits per heavy atom. The van der Waals surface area contributed by atoms with Crippen molar-refractivity contribution in [2.45, 2.75) is 0 Å². The van der Waals surface area contributed by atoms with E-state index in [1.807, 2.05) is 24.3 Å². The van der Waals surface area contributed by atoms with Crippen LogP contribution in [-0.4, -0.2) is 28.2 Å². The Morgan fingerprint density at radius 3 is 1.26 bits per heavy atom. The molecule has 16 aromatic rings. The zero-order valence-electron chi connectivity index (χ0n) is 41.1. The Morgan fingerprint density at radius 2 is 0.645 bits per heavy atom. The molecule has 0 saturated carbocycles. The molecule has 6 heteroatoms. The molecule has 0 bridgehead atoms. The number of fused-ring (bicyclic) bond motifs is 14. The van der Waals surface area contributed by atoms with Crippen molar-refractivity contribution in [3.63, 3.8) is 0 Å². The van der Waals surface area contributed by atoms with Gasteiger partial charge in [0.05, 0.1) is 55.5 Å². The van der Waals surface area contributed by atoms with Crippen LogP contribution in [0.15, 0.2) is 267 Å². The first-order valence-corrected chi connectivity index (χ1v) is 25.9. The molecule has 0 atom stereocenters. The van der Waals surface area contributed by atoms with Gasteiger partial charge in [-0.1, -0.05) is 176 Å². The maximum absolute atomic E-state index is 5.28. The average Bonchev–Trinajstić information content (AvgIpc) is 4.24. The van der Waals surface area contributed by atoms with Crippen LogP contribution in [0.4, 0.5) is 0 Å². The molecule has 0 unspecified atom stereocenters. The number of hydrogen-bond donors (Lipinski definition) is 0. The smallest absolute Gasteiger partial charge is 0.160 e. The van der Waals surface area contributed by atoms with Crippen molar-refractivity contribution in [3.05, 3.63) is 267 Å². The summed E-state index contributed by atoms with van der Waals surface area (Å²) in [5.41, 5.74) is 18.5. The lowest BCUT2D eigenvalue weighted by molar-refractivity contribution is 1.16. The van der Waals surface area contributed by atoms with Gasteiger partial charge in [-0.05, 0) is 91.0 Å². The van der Waals surface area contributed by atoms with E-state index in [0.717, 1.165) is 72.8 Å². The number of hydrogen-bond acceptors (Lipinski definition) is 2. The first kappa shape index (κ1) is 42.2. The van der Waals surface area contributed by atoms with E-state index in [-0.39, 0.29) is 0 Å². The first-order chi connectivity index (χ1) is 37.7. The van der Waals surface area contributed by atoms with Gasteiger partial charge in [0.15, 0.2) is 5.82 Å². The standard InChI is InChI=1S/C70H44N6/c1-6-20-45(21-7-1)58-44-59(72-70(71-58)46-22-8-2-9-23-46)47-34-36-56-65(42-47)74(49-26-12-4-13-27-49)64-41-38-54-57-43-51(35-39-62(57)75(69(54)67(56)64)50-28-14-5-15-29-50)76-60-32-18-16-30-52(60)53-37-40-63-66(68(53)76)55-31-17-19-33-61(55)73(63)48-24-10-3-11-25-48/h1-44H. The fraction of sp³-hybridized carbons (Fsp3) is 0. The third-order valence-electron chi connectivity index (χ3n) is 15.5. The Kier molecular flexibility index (Phi) is 9.23. The maximum atomic E-state index is 5.28. The molecular weight excluding hydrogens is 925 g/mol. The van der Waals surface area contributed by atoms with Crippen LogP contribution in [0.3, 0.4) is 0 Å². The summed E-state index contributed by atoms with van der Waals surface area (Å²) in [6, 6.07) is 96.2. The van der Waals surface area contributed by atoms with E-state index >= 15 is 0 Å². The van der Waals surface area contributed by atoms with Crippen LogP contribution in [-0.2, 0) is 0 Å². The van der Waals surface area contributed by atoms with Crippen molar-refractivity contribution < 1.29 is 0 Å². The molecule has 0 fully saturated rings. The van der Waals surface area contributed by atoms with E-state index in [0.29, 0.717) is 5.82 Å². The molecular formula is C70H44N6. The lowest BCUT2D eigenvalue weighted by Gasteiger charge is -2.12. The van der Waals surface area contributed by atoms with Crippen LogP contribution in [0, 0.1) is 0 Å². The molecule has 5 heterocycles. The SMILES string of the molecule is c1ccc(-c2cc(-c3ccc4c5c(ccc6c7cc(-n8c9ccccc9c9ccc%10c(c%11ccccc%11n%10-c%10ccccc%10)c98)ccc7n(-c7ccccc7)c65)n(-c5ccccc5)c4c3)nc(-c3ccccc3)n2)cc1. The summed E-state index contributed by atoms with van der Waals surface area (Å²) in [7, 11) is 0. The van der Waals surface area contributed by atoms with E-state index in [1.54, 1.807) is 0 Å². The molecule has 76 heavy (non-hydrogen) atoms. The Labute approximate surface area is 436 Å². The fourth-order valence-corrected chi connectivity index (χ4v) is 12.3. The molecule has 11 aromatic carbocycles. The molecule has 6 nitrogen and oxygen atoms in total. The highest BCUT2D eigenvalue weighted by Crippen LogP contribution is 2.46. The van der Waals surface area contributed by atoms with Gasteiger partial charge in [-0.15, -0.1) is 0 Å². The van der Waals surface area contributed by atoms with E-state index in [4.69, 9.17) is 9.97 Å². The third kappa shape index (κ3) is 6.28. The highest BCUT2D eigenvalue weighted by Gasteiger charge is 2.25. The van der Waals surface area contributed by atoms with Crippen molar-refractivity contribution in [2.75, 3.05) is 0 Å². The van der Waals surface area contributed by atoms with Gasteiger partial charge in [0.2, 0.25) is 0 Å². The van der Waals surface area contributed by atoms with Gasteiger partial charge in [0.1, 0.15) is 0 Å². The number of nitrogens with zero attached hydrogens (tertiary/aromatic N) is 6. The van der Waals surface area contributed by atoms with E-state index < -0.39 is 0 Å². The molecule has 5 aromatic heterocycles. The molecule has 0 spiro atoms. The zero-order chi connectivity index (χ0) is 49.8. The van der Waals surface area contributed by atoms with Gasteiger partial charge in [0.25, 0.3) is 0 Å². The molecule has 0 radical (unpaired) electrons. The minimum absolute atomic E-state index is 0.693. The van der Waals surface area contributed by atoms with Crippen LogP contribution in [0.1, 0.15) is 0 Å². The quantitative estimate of drug-likeness (QED) is 0.160. The molecule has 0 aliphatic heterocycles. The molecule has 354 valence electrons. The van der Waals surface area contributed by atoms with Crippen LogP contribution in [0.2, 0.25) is 0 Å². The second kappa shape index (κ2) is 16.6. The van der Waals surface area contributed by atoms with Gasteiger partial charge in [-0.3, -0.25) is 0 Å². The van der Waals surface area contributed by atoms with E-state index in [1.165, 1.54) is 65.3 Å². The molecule has 0 aliphatic rings. The van der Waals surface area contributed by atoms with E-state index in [2.05, 4.69) is 261 Å². The summed E-state index contributed by atoms with van der Waals surface area (Å²) in [4.78, 5) is 10.4. The van der Waals surface area contributed by atoms with Gasteiger partial charge < -0.3 is 18.3 Å². The van der Waals surface area contributed by atoms with Crippen LogP contribution in [0.25, 0.3) is 144 Å². The summed E-state index contributed by atoms with van der Waals surface area (Å²) in [5, 5.41) is 9.65. The Hall–Kier alpha value is -10.3. The van der Waals surface area contributed by atoms with Crippen LogP contribution in [0.5, 0.6) is 0 Å². The fourth-order valence-electron chi connectivity index (χ4n) is 12.3. The highest BCUT2D eigenvalue weighted by atomic mass is 15.0. The van der Waals surface area contributed by atoms with Gasteiger partial charge in [-0.25, -0.2) is 9.97 Å². The molecule has 0 saturated heterocycles. The van der Waals surface area contributed by atoms with Crippen LogP contribution >= 0.6 is 0 Å². The summed E-state index contributed by atoms with van der Waals surface area (Å²) in [6.07, 6.45) is 0. The normalized spacial score (nSPS) is 11.9. The minimum atomic E-state index is 0.693. The van der Waals surface area contributed by atoms with E-state index in [9.17, 15) is 0 Å². The Balaban J connectivity index is 0.982. The van der Waals surface area contributed by atoms with Crippen molar-refractivity contribution in [1.29, 1.82) is 0 Å². The minimum Gasteiger partial charge on any atom is -0.309 e. The molecule has 0 amide bonds. The second-order valence-electron chi connectivity index (χ2n) is 19.7. The van der Waals surface area contributed by atoms with Crippen molar-refractivity contribution in [3.8, 4) is 56.7 Å². The third-order valence-corrected chi connectivity index (χ3v) is 15.5. The predicted octanol–water partition coefficient (Wildman–Crippen LogP) is 17.9. The zero-order valence-corrected chi connectivity index (χ0v) is 41.1. The largest absolute Gasteiger partial charge is 0.309 e. The summed E-state index contributed by atoms with van der Waals surface area (Å²) in [6.45, 7) is 0. The van der Waals surface area contributed by atoms with Gasteiger partial charge in [0, 0.05) is 82.5 Å². The van der Waals surface area contributed by atoms with Crippen LogP contribution < -0.4 is 0 Å². The monoisotopic (exact) mass is 968 g/mol. The average molecular weight is 969 g/mol. The predicted molar refractivity (Wildman–Crippen MR) is 316 cm³/mol. The number of rotatable bonds is 7. The van der Waals surface area contributed by atoms with Gasteiger partial charge in [-0.2, -0.15) is 0 Å². The lowest BCUT2D eigenvalue weighted by atomic mass is 10.0. The molecule has 0 N–H and O–H groups in total. The molecule has 16 rings (SSSR count). The summed E-state index contributed by atoms with van der Waals surface area (Å²) < 4.78 is 9.85. The summed E-state index contributed by atoms with van der Waals surface area (Å²) in [5.74, 6) is 0.693. The number of aromatic nitrogens is 6. The maximum Gasteiger partial charge on any atom is 0.160 e. The topological polar surface area (TPSA) is 45.5 Å².